The largest absolute Gasteiger partial charge is 0.479 e. The Kier molecular flexibility index (Phi) is 6.15. The smallest absolute Gasteiger partial charge is 0.407 e. The van der Waals surface area contributed by atoms with Crippen molar-refractivity contribution >= 4 is 18.0 Å². The highest BCUT2D eigenvalue weighted by atomic mass is 16.5. The Morgan fingerprint density at radius 3 is 2.09 bits per heavy atom. The number of carboxylic acid groups (broad SMARTS) is 1. The summed E-state index contributed by atoms with van der Waals surface area (Å²) in [6.07, 6.45) is 0.353. The number of hydrogen-bond acceptors (Lipinski definition) is 4. The van der Waals surface area contributed by atoms with Gasteiger partial charge < -0.3 is 20.1 Å². The van der Waals surface area contributed by atoms with Crippen LogP contribution in [0.2, 0.25) is 0 Å². The predicted molar refractivity (Wildman–Crippen MR) is 124 cm³/mol. The van der Waals surface area contributed by atoms with E-state index in [1.807, 2.05) is 38.1 Å². The van der Waals surface area contributed by atoms with E-state index in [1.54, 1.807) is 0 Å². The van der Waals surface area contributed by atoms with E-state index in [9.17, 15) is 19.5 Å². The van der Waals surface area contributed by atoms with E-state index in [0.717, 1.165) is 22.3 Å². The lowest BCUT2D eigenvalue weighted by atomic mass is 9.98. The number of carbonyl (C=O) groups excluding carboxylic acids is 2. The standard InChI is InChI=1S/C26H30N2O5/c1-16(2)22(14-23(29)28(3)26(12-13-26)24(30)31)27-25(32)33-15-21-19-10-6-4-8-17(19)18-9-5-7-11-20(18)21/h4-11,16,21-22H,12-15H2,1-3H3,(H,27,32)(H,30,31)/t22-/m1/s1. The van der Waals surface area contributed by atoms with Crippen molar-refractivity contribution in [3.05, 3.63) is 59.7 Å². The molecule has 2 aromatic carbocycles. The predicted octanol–water partition coefficient (Wildman–Crippen LogP) is 4.02. The van der Waals surface area contributed by atoms with Crippen molar-refractivity contribution in [3.63, 3.8) is 0 Å². The highest BCUT2D eigenvalue weighted by Gasteiger charge is 2.55. The lowest BCUT2D eigenvalue weighted by Crippen LogP contribution is -2.48. The summed E-state index contributed by atoms with van der Waals surface area (Å²) in [6.45, 7) is 4.01. The highest BCUT2D eigenvalue weighted by molar-refractivity contribution is 5.89. The van der Waals surface area contributed by atoms with E-state index < -0.39 is 23.6 Å². The third-order valence-corrected chi connectivity index (χ3v) is 6.98. The molecule has 2 aliphatic carbocycles. The molecule has 0 unspecified atom stereocenters. The molecule has 4 rings (SSSR count). The highest BCUT2D eigenvalue weighted by Crippen LogP contribution is 2.44. The maximum Gasteiger partial charge on any atom is 0.407 e. The van der Waals surface area contributed by atoms with Gasteiger partial charge in [0.2, 0.25) is 5.91 Å². The van der Waals surface area contributed by atoms with Gasteiger partial charge in [-0.3, -0.25) is 4.79 Å². The molecule has 1 atom stereocenters. The average Bonchev–Trinajstić information content (AvgIpc) is 3.55. The monoisotopic (exact) mass is 450 g/mol. The van der Waals surface area contributed by atoms with Crippen LogP contribution in [0.15, 0.2) is 48.5 Å². The van der Waals surface area contributed by atoms with E-state index in [-0.39, 0.29) is 30.8 Å². The molecule has 2 aliphatic rings. The number of likely N-dealkylation sites (N-methyl/N-ethyl adjacent to an activating group) is 1. The number of rotatable bonds is 8. The number of benzene rings is 2. The summed E-state index contributed by atoms with van der Waals surface area (Å²) in [4.78, 5) is 38.2. The van der Waals surface area contributed by atoms with E-state index in [0.29, 0.717) is 12.8 Å². The van der Waals surface area contributed by atoms with E-state index >= 15 is 0 Å². The molecule has 1 fully saturated rings. The number of hydrogen-bond donors (Lipinski definition) is 2. The van der Waals surface area contributed by atoms with Gasteiger partial charge in [-0.05, 0) is 41.0 Å². The van der Waals surface area contributed by atoms with Gasteiger partial charge in [0.05, 0.1) is 0 Å². The first-order chi connectivity index (χ1) is 15.7. The van der Waals surface area contributed by atoms with Crippen molar-refractivity contribution in [1.29, 1.82) is 0 Å². The zero-order chi connectivity index (χ0) is 23.8. The molecule has 0 aliphatic heterocycles. The lowest BCUT2D eigenvalue weighted by Gasteiger charge is -2.28. The maximum absolute atomic E-state index is 12.7. The summed E-state index contributed by atoms with van der Waals surface area (Å²) in [5, 5.41) is 12.3. The Hall–Kier alpha value is -3.35. The number of nitrogens with one attached hydrogen (secondary N) is 1. The molecule has 0 radical (unpaired) electrons. The van der Waals surface area contributed by atoms with Gasteiger partial charge in [-0.15, -0.1) is 0 Å². The second-order valence-electron chi connectivity index (χ2n) is 9.31. The Morgan fingerprint density at radius 2 is 1.61 bits per heavy atom. The minimum atomic E-state index is -1.09. The molecule has 0 spiro atoms. The molecule has 2 aromatic rings. The van der Waals surface area contributed by atoms with Gasteiger partial charge in [-0.25, -0.2) is 9.59 Å². The molecule has 2 N–H and O–H groups in total. The van der Waals surface area contributed by atoms with E-state index in [2.05, 4.69) is 29.6 Å². The summed E-state index contributed by atoms with van der Waals surface area (Å²) in [5.74, 6) is -1.35. The summed E-state index contributed by atoms with van der Waals surface area (Å²) < 4.78 is 5.61. The van der Waals surface area contributed by atoms with Crippen LogP contribution in [-0.4, -0.2) is 53.2 Å². The summed E-state index contributed by atoms with van der Waals surface area (Å²) in [7, 11) is 1.52. The molecule has 1 saturated carbocycles. The molecule has 0 heterocycles. The van der Waals surface area contributed by atoms with Crippen LogP contribution in [0.5, 0.6) is 0 Å². The van der Waals surface area contributed by atoms with E-state index in [4.69, 9.17) is 4.74 Å². The minimum Gasteiger partial charge on any atom is -0.479 e. The molecule has 0 aromatic heterocycles. The fourth-order valence-corrected chi connectivity index (χ4v) is 4.62. The number of amides is 2. The van der Waals surface area contributed by atoms with Gasteiger partial charge in [0.1, 0.15) is 12.1 Å². The molecular weight excluding hydrogens is 420 g/mol. The van der Waals surface area contributed by atoms with E-state index in [1.165, 1.54) is 11.9 Å². The number of aliphatic carboxylic acids is 1. The third kappa shape index (κ3) is 4.32. The fraction of sp³-hybridized carbons (Fsp3) is 0.423. The molecule has 2 amide bonds. The van der Waals surface area contributed by atoms with Crippen LogP contribution in [0.4, 0.5) is 4.79 Å². The molecule has 33 heavy (non-hydrogen) atoms. The topological polar surface area (TPSA) is 95.9 Å². The number of carboxylic acids is 1. The van der Waals surface area contributed by atoms with Gasteiger partial charge in [-0.1, -0.05) is 62.4 Å². The van der Waals surface area contributed by atoms with Crippen molar-refractivity contribution in [1.82, 2.24) is 10.2 Å². The summed E-state index contributed by atoms with van der Waals surface area (Å²) in [5.41, 5.74) is 3.48. The van der Waals surface area contributed by atoms with Crippen LogP contribution >= 0.6 is 0 Å². The number of ether oxygens (including phenoxy) is 1. The maximum atomic E-state index is 12.7. The fourth-order valence-electron chi connectivity index (χ4n) is 4.62. The first-order valence-electron chi connectivity index (χ1n) is 11.4. The molecular formula is C26H30N2O5. The first kappa shape index (κ1) is 22.8. The summed E-state index contributed by atoms with van der Waals surface area (Å²) in [6, 6.07) is 15.8. The van der Waals surface area contributed by atoms with Gasteiger partial charge in [0.15, 0.2) is 0 Å². The SMILES string of the molecule is CC(C)[C@@H](CC(=O)N(C)C1(C(=O)O)CC1)NC(=O)OCC1c2ccccc2-c2ccccc21. The number of alkyl carbamates (subject to hydrolysis) is 1. The average molecular weight is 451 g/mol. The van der Waals surface area contributed by atoms with Crippen molar-refractivity contribution in [2.45, 2.75) is 50.6 Å². The van der Waals surface area contributed by atoms with Gasteiger partial charge in [0, 0.05) is 25.4 Å². The van der Waals surface area contributed by atoms with Crippen molar-refractivity contribution in [2.75, 3.05) is 13.7 Å². The van der Waals surface area contributed by atoms with Crippen molar-refractivity contribution < 1.29 is 24.2 Å². The normalized spacial score (nSPS) is 16.5. The quantitative estimate of drug-likeness (QED) is 0.633. The van der Waals surface area contributed by atoms with Crippen LogP contribution in [0.25, 0.3) is 11.1 Å². The second-order valence-corrected chi connectivity index (χ2v) is 9.31. The van der Waals surface area contributed by atoms with Gasteiger partial charge in [-0.2, -0.15) is 0 Å². The zero-order valence-electron chi connectivity index (χ0n) is 19.2. The van der Waals surface area contributed by atoms with Crippen molar-refractivity contribution in [2.24, 2.45) is 5.92 Å². The van der Waals surface area contributed by atoms with Crippen LogP contribution < -0.4 is 5.32 Å². The first-order valence-corrected chi connectivity index (χ1v) is 11.4. The molecule has 7 heteroatoms. The van der Waals surface area contributed by atoms with Crippen LogP contribution in [-0.2, 0) is 14.3 Å². The lowest BCUT2D eigenvalue weighted by molar-refractivity contribution is -0.151. The molecule has 7 nitrogen and oxygen atoms in total. The second kappa shape index (κ2) is 8.89. The third-order valence-electron chi connectivity index (χ3n) is 6.98. The number of nitrogens with zero attached hydrogens (tertiary/aromatic N) is 1. The van der Waals surface area contributed by atoms with Crippen LogP contribution in [0, 0.1) is 5.92 Å². The minimum absolute atomic E-state index is 0.0212. The molecule has 0 bridgehead atoms. The number of carbonyl (C=O) groups is 3. The van der Waals surface area contributed by atoms with Crippen LogP contribution in [0.1, 0.15) is 50.2 Å². The Morgan fingerprint density at radius 1 is 1.06 bits per heavy atom. The molecule has 174 valence electrons. The number of fused-ring (bicyclic) bond motifs is 3. The summed E-state index contributed by atoms with van der Waals surface area (Å²) >= 11 is 0. The van der Waals surface area contributed by atoms with Gasteiger partial charge in [0.25, 0.3) is 0 Å². The van der Waals surface area contributed by atoms with Gasteiger partial charge >= 0.3 is 12.1 Å². The Balaban J connectivity index is 1.38. The van der Waals surface area contributed by atoms with Crippen molar-refractivity contribution in [3.8, 4) is 11.1 Å². The Bertz CT molecular complexity index is 1030. The Labute approximate surface area is 193 Å². The zero-order valence-corrected chi connectivity index (χ0v) is 19.2. The van der Waals surface area contributed by atoms with Crippen LogP contribution in [0.3, 0.4) is 0 Å². The molecule has 0 saturated heterocycles.